The number of halogens is 1. The number of hydrogen-bond donors (Lipinski definition) is 1. The van der Waals surface area contributed by atoms with E-state index in [1.807, 2.05) is 36.4 Å². The van der Waals surface area contributed by atoms with Crippen LogP contribution in [0, 0.1) is 0 Å². The maximum atomic E-state index is 11.3. The van der Waals surface area contributed by atoms with Gasteiger partial charge in [0.15, 0.2) is 11.5 Å². The standard InChI is InChI=1S/C22H19ClO5/c1-26-21-11-16(7-9-20(21)28-13-15-5-3-2-4-6-15)14-27-19-10-8-17(23)12-18(19)22(24)25/h2-12H,13-14H2,1H3,(H,24,25). The predicted octanol–water partition coefficient (Wildman–Crippen LogP) is 5.20. The first kappa shape index (κ1) is 19.6. The van der Waals surface area contributed by atoms with Crippen LogP contribution in [0.25, 0.3) is 0 Å². The number of aromatic carboxylic acids is 1. The second kappa shape index (κ2) is 9.15. The molecular formula is C22H19ClO5. The molecule has 0 atom stereocenters. The topological polar surface area (TPSA) is 65.0 Å². The van der Waals surface area contributed by atoms with Crippen LogP contribution in [0.5, 0.6) is 17.2 Å². The van der Waals surface area contributed by atoms with Crippen LogP contribution in [0.1, 0.15) is 21.5 Å². The van der Waals surface area contributed by atoms with Crippen LogP contribution in [0.3, 0.4) is 0 Å². The molecule has 3 aromatic carbocycles. The largest absolute Gasteiger partial charge is 0.493 e. The van der Waals surface area contributed by atoms with Gasteiger partial charge in [-0.2, -0.15) is 0 Å². The lowest BCUT2D eigenvalue weighted by Crippen LogP contribution is -2.04. The van der Waals surface area contributed by atoms with Gasteiger partial charge in [0.25, 0.3) is 0 Å². The van der Waals surface area contributed by atoms with Crippen LogP contribution in [0.4, 0.5) is 0 Å². The van der Waals surface area contributed by atoms with Gasteiger partial charge in [0.05, 0.1) is 7.11 Å². The Morgan fingerprint density at radius 3 is 2.25 bits per heavy atom. The molecule has 0 saturated heterocycles. The highest BCUT2D eigenvalue weighted by Gasteiger charge is 2.13. The molecule has 0 aliphatic carbocycles. The molecule has 0 heterocycles. The summed E-state index contributed by atoms with van der Waals surface area (Å²) >= 11 is 5.86. The van der Waals surface area contributed by atoms with Crippen LogP contribution in [0.15, 0.2) is 66.7 Å². The molecule has 0 fully saturated rings. The minimum absolute atomic E-state index is 0.0160. The van der Waals surface area contributed by atoms with E-state index in [2.05, 4.69) is 0 Å². The number of rotatable bonds is 8. The molecule has 5 nitrogen and oxygen atoms in total. The SMILES string of the molecule is COc1cc(COc2ccc(Cl)cc2C(=O)O)ccc1OCc1ccccc1. The number of carboxylic acid groups (broad SMARTS) is 1. The van der Waals surface area contributed by atoms with Crippen LogP contribution in [0.2, 0.25) is 5.02 Å². The van der Waals surface area contributed by atoms with Gasteiger partial charge in [0, 0.05) is 5.02 Å². The lowest BCUT2D eigenvalue weighted by atomic mass is 10.2. The molecule has 0 spiro atoms. The lowest BCUT2D eigenvalue weighted by molar-refractivity contribution is 0.0691. The van der Waals surface area contributed by atoms with Crippen molar-refractivity contribution in [2.24, 2.45) is 0 Å². The monoisotopic (exact) mass is 398 g/mol. The smallest absolute Gasteiger partial charge is 0.339 e. The first-order chi connectivity index (χ1) is 13.6. The van der Waals surface area contributed by atoms with Gasteiger partial charge in [-0.25, -0.2) is 4.79 Å². The second-order valence-corrected chi connectivity index (χ2v) is 6.43. The molecule has 3 rings (SSSR count). The summed E-state index contributed by atoms with van der Waals surface area (Å²) in [5.74, 6) is 0.347. The van der Waals surface area contributed by atoms with E-state index in [0.717, 1.165) is 11.1 Å². The van der Waals surface area contributed by atoms with Gasteiger partial charge in [-0.1, -0.05) is 48.0 Å². The zero-order chi connectivity index (χ0) is 19.9. The Morgan fingerprint density at radius 2 is 1.54 bits per heavy atom. The van der Waals surface area contributed by atoms with E-state index in [1.165, 1.54) is 6.07 Å². The zero-order valence-corrected chi connectivity index (χ0v) is 16.0. The highest BCUT2D eigenvalue weighted by molar-refractivity contribution is 6.31. The summed E-state index contributed by atoms with van der Waals surface area (Å²) in [7, 11) is 1.57. The van der Waals surface area contributed by atoms with E-state index in [1.54, 1.807) is 31.4 Å². The minimum Gasteiger partial charge on any atom is -0.493 e. The van der Waals surface area contributed by atoms with Crippen molar-refractivity contribution in [1.82, 2.24) is 0 Å². The van der Waals surface area contributed by atoms with Gasteiger partial charge in [-0.3, -0.25) is 0 Å². The third-order valence-corrected chi connectivity index (χ3v) is 4.27. The number of carbonyl (C=O) groups is 1. The van der Waals surface area contributed by atoms with Gasteiger partial charge in [-0.15, -0.1) is 0 Å². The first-order valence-corrected chi connectivity index (χ1v) is 8.94. The maximum Gasteiger partial charge on any atom is 0.339 e. The summed E-state index contributed by atoms with van der Waals surface area (Å²) in [4.78, 5) is 11.3. The molecule has 0 aliphatic heterocycles. The summed E-state index contributed by atoms with van der Waals surface area (Å²) < 4.78 is 16.9. The fraction of sp³-hybridized carbons (Fsp3) is 0.136. The van der Waals surface area contributed by atoms with Crippen molar-refractivity contribution in [2.75, 3.05) is 7.11 Å². The lowest BCUT2D eigenvalue weighted by Gasteiger charge is -2.13. The van der Waals surface area contributed by atoms with Gasteiger partial charge in [-0.05, 0) is 41.5 Å². The van der Waals surface area contributed by atoms with Gasteiger partial charge in [0.2, 0.25) is 0 Å². The van der Waals surface area contributed by atoms with E-state index in [9.17, 15) is 9.90 Å². The highest BCUT2D eigenvalue weighted by Crippen LogP contribution is 2.30. The van der Waals surface area contributed by atoms with Crippen molar-refractivity contribution in [2.45, 2.75) is 13.2 Å². The average Bonchev–Trinajstić information content (AvgIpc) is 2.72. The summed E-state index contributed by atoms with van der Waals surface area (Å²) in [5, 5.41) is 9.62. The molecule has 3 aromatic rings. The fourth-order valence-electron chi connectivity index (χ4n) is 2.61. The van der Waals surface area contributed by atoms with Crippen molar-refractivity contribution < 1.29 is 24.1 Å². The molecule has 0 aromatic heterocycles. The molecule has 0 radical (unpaired) electrons. The Kier molecular flexibility index (Phi) is 6.40. The zero-order valence-electron chi connectivity index (χ0n) is 15.2. The Bertz CT molecular complexity index is 956. The quantitative estimate of drug-likeness (QED) is 0.564. The van der Waals surface area contributed by atoms with Crippen molar-refractivity contribution in [3.8, 4) is 17.2 Å². The van der Waals surface area contributed by atoms with Crippen molar-refractivity contribution in [3.05, 3.63) is 88.4 Å². The minimum atomic E-state index is -1.10. The van der Waals surface area contributed by atoms with Crippen molar-refractivity contribution >= 4 is 17.6 Å². The van der Waals surface area contributed by atoms with E-state index >= 15 is 0 Å². The van der Waals surface area contributed by atoms with Gasteiger partial charge in [0.1, 0.15) is 24.5 Å². The molecule has 28 heavy (non-hydrogen) atoms. The van der Waals surface area contributed by atoms with Crippen molar-refractivity contribution in [1.29, 1.82) is 0 Å². The summed E-state index contributed by atoms with van der Waals surface area (Å²) in [6, 6.07) is 19.8. The molecular weight excluding hydrogens is 380 g/mol. The summed E-state index contributed by atoms with van der Waals surface area (Å²) in [5.41, 5.74) is 1.89. The Hall–Kier alpha value is -3.18. The van der Waals surface area contributed by atoms with Gasteiger partial charge >= 0.3 is 5.97 Å². The third-order valence-electron chi connectivity index (χ3n) is 4.03. The molecule has 0 aliphatic rings. The number of hydrogen-bond acceptors (Lipinski definition) is 4. The Labute approximate surface area is 168 Å². The molecule has 1 N–H and O–H groups in total. The third kappa shape index (κ3) is 4.96. The van der Waals surface area contributed by atoms with Crippen molar-refractivity contribution in [3.63, 3.8) is 0 Å². The number of carboxylic acids is 1. The highest BCUT2D eigenvalue weighted by atomic mass is 35.5. The second-order valence-electron chi connectivity index (χ2n) is 5.99. The predicted molar refractivity (Wildman–Crippen MR) is 107 cm³/mol. The number of benzene rings is 3. The Morgan fingerprint density at radius 1 is 0.857 bits per heavy atom. The number of methoxy groups -OCH3 is 1. The van der Waals surface area contributed by atoms with Crippen LogP contribution in [-0.4, -0.2) is 18.2 Å². The van der Waals surface area contributed by atoms with Crippen LogP contribution >= 0.6 is 11.6 Å². The van der Waals surface area contributed by atoms with E-state index in [4.69, 9.17) is 25.8 Å². The molecule has 0 unspecified atom stereocenters. The van der Waals surface area contributed by atoms with Gasteiger partial charge < -0.3 is 19.3 Å². The van der Waals surface area contributed by atoms with E-state index in [0.29, 0.717) is 23.1 Å². The summed E-state index contributed by atoms with van der Waals surface area (Å²) in [6.07, 6.45) is 0. The normalized spacial score (nSPS) is 10.4. The number of ether oxygens (including phenoxy) is 3. The molecule has 0 bridgehead atoms. The molecule has 0 saturated carbocycles. The molecule has 6 heteroatoms. The molecule has 0 amide bonds. The first-order valence-electron chi connectivity index (χ1n) is 8.56. The maximum absolute atomic E-state index is 11.3. The van der Waals surface area contributed by atoms with E-state index < -0.39 is 5.97 Å². The Balaban J connectivity index is 1.69. The average molecular weight is 399 g/mol. The molecule has 144 valence electrons. The summed E-state index contributed by atoms with van der Waals surface area (Å²) in [6.45, 7) is 0.608. The van der Waals surface area contributed by atoms with Crippen LogP contribution < -0.4 is 14.2 Å². The van der Waals surface area contributed by atoms with E-state index in [-0.39, 0.29) is 17.9 Å². The van der Waals surface area contributed by atoms with Crippen LogP contribution in [-0.2, 0) is 13.2 Å². The fourth-order valence-corrected chi connectivity index (χ4v) is 2.78.